The Balaban J connectivity index is 1.82. The number of aliphatic hydroxyl groups is 1. The van der Waals surface area contributed by atoms with E-state index in [1.807, 2.05) is 13.8 Å². The normalized spacial score (nSPS) is 27.4. The first-order valence-electron chi connectivity index (χ1n) is 6.74. The van der Waals surface area contributed by atoms with E-state index in [4.69, 9.17) is 0 Å². The standard InChI is InChI=1S/C13H26N2O/c1-13(2,16)10-15(12-6-7-12)9-11-5-3-4-8-14-11/h11-12,14,16H,3-10H2,1-2H3. The van der Waals surface area contributed by atoms with Crippen LogP contribution in [-0.4, -0.2) is 47.3 Å². The molecule has 0 spiro atoms. The van der Waals surface area contributed by atoms with Crippen LogP contribution in [0.1, 0.15) is 46.0 Å². The molecule has 1 heterocycles. The first kappa shape index (κ1) is 12.3. The van der Waals surface area contributed by atoms with Gasteiger partial charge in [0.15, 0.2) is 0 Å². The third-order valence-electron chi connectivity index (χ3n) is 3.52. The van der Waals surface area contributed by atoms with Crippen molar-refractivity contribution in [3.05, 3.63) is 0 Å². The minimum Gasteiger partial charge on any atom is -0.389 e. The zero-order valence-electron chi connectivity index (χ0n) is 10.7. The monoisotopic (exact) mass is 226 g/mol. The van der Waals surface area contributed by atoms with Gasteiger partial charge in [-0.15, -0.1) is 0 Å². The molecule has 2 aliphatic rings. The molecule has 0 amide bonds. The van der Waals surface area contributed by atoms with Gasteiger partial charge in [-0.3, -0.25) is 4.90 Å². The molecule has 0 aromatic rings. The van der Waals surface area contributed by atoms with E-state index >= 15 is 0 Å². The average Bonchev–Trinajstić information content (AvgIpc) is 2.99. The predicted molar refractivity (Wildman–Crippen MR) is 66.5 cm³/mol. The molecule has 1 atom stereocenters. The lowest BCUT2D eigenvalue weighted by Crippen LogP contribution is -2.48. The number of piperidine rings is 1. The SMILES string of the molecule is CC(C)(O)CN(CC1CCCCN1)C1CC1. The van der Waals surface area contributed by atoms with Crippen molar-refractivity contribution >= 4 is 0 Å². The predicted octanol–water partition coefficient (Wildman–Crippen LogP) is 1.36. The molecule has 3 nitrogen and oxygen atoms in total. The Morgan fingerprint density at radius 3 is 2.50 bits per heavy atom. The largest absolute Gasteiger partial charge is 0.389 e. The summed E-state index contributed by atoms with van der Waals surface area (Å²) in [5.74, 6) is 0. The molecule has 2 N–H and O–H groups in total. The summed E-state index contributed by atoms with van der Waals surface area (Å²) >= 11 is 0. The summed E-state index contributed by atoms with van der Waals surface area (Å²) in [5.41, 5.74) is -0.558. The molecule has 1 aliphatic carbocycles. The highest BCUT2D eigenvalue weighted by molar-refractivity contribution is 4.90. The molecule has 1 aliphatic heterocycles. The Bertz CT molecular complexity index is 214. The fraction of sp³-hybridized carbons (Fsp3) is 1.00. The Hall–Kier alpha value is -0.120. The summed E-state index contributed by atoms with van der Waals surface area (Å²) in [6, 6.07) is 1.40. The lowest BCUT2D eigenvalue weighted by Gasteiger charge is -2.34. The van der Waals surface area contributed by atoms with E-state index in [1.165, 1.54) is 38.6 Å². The van der Waals surface area contributed by atoms with E-state index in [2.05, 4.69) is 10.2 Å². The van der Waals surface area contributed by atoms with Gasteiger partial charge in [0.05, 0.1) is 5.60 Å². The van der Waals surface area contributed by atoms with Crippen LogP contribution in [0.5, 0.6) is 0 Å². The fourth-order valence-electron chi connectivity index (χ4n) is 2.64. The number of rotatable bonds is 5. The van der Waals surface area contributed by atoms with Gasteiger partial charge in [-0.25, -0.2) is 0 Å². The van der Waals surface area contributed by atoms with Crippen LogP contribution >= 0.6 is 0 Å². The lowest BCUT2D eigenvalue weighted by atomic mass is 10.0. The summed E-state index contributed by atoms with van der Waals surface area (Å²) in [6.45, 7) is 6.93. The van der Waals surface area contributed by atoms with Crippen molar-refractivity contribution in [1.82, 2.24) is 10.2 Å². The van der Waals surface area contributed by atoms with Gasteiger partial charge >= 0.3 is 0 Å². The van der Waals surface area contributed by atoms with Gasteiger partial charge < -0.3 is 10.4 Å². The highest BCUT2D eigenvalue weighted by atomic mass is 16.3. The Kier molecular flexibility index (Phi) is 3.88. The van der Waals surface area contributed by atoms with Crippen molar-refractivity contribution in [2.24, 2.45) is 0 Å². The van der Waals surface area contributed by atoms with Crippen LogP contribution in [0.2, 0.25) is 0 Å². The molecule has 16 heavy (non-hydrogen) atoms. The minimum atomic E-state index is -0.558. The van der Waals surface area contributed by atoms with Crippen molar-refractivity contribution in [2.75, 3.05) is 19.6 Å². The quantitative estimate of drug-likeness (QED) is 0.743. The maximum Gasteiger partial charge on any atom is 0.0718 e. The van der Waals surface area contributed by atoms with Crippen LogP contribution in [-0.2, 0) is 0 Å². The van der Waals surface area contributed by atoms with Gasteiger partial charge in [0.25, 0.3) is 0 Å². The molecule has 2 rings (SSSR count). The van der Waals surface area contributed by atoms with Crippen LogP contribution in [0.4, 0.5) is 0 Å². The van der Waals surface area contributed by atoms with Crippen LogP contribution in [0.15, 0.2) is 0 Å². The van der Waals surface area contributed by atoms with E-state index in [9.17, 15) is 5.11 Å². The molecule has 1 unspecified atom stereocenters. The second kappa shape index (κ2) is 5.03. The summed E-state index contributed by atoms with van der Waals surface area (Å²) in [7, 11) is 0. The molecule has 1 saturated carbocycles. The second-order valence-corrected chi connectivity index (χ2v) is 6.12. The second-order valence-electron chi connectivity index (χ2n) is 6.12. The van der Waals surface area contributed by atoms with E-state index < -0.39 is 5.60 Å². The van der Waals surface area contributed by atoms with Gasteiger partial charge in [-0.2, -0.15) is 0 Å². The zero-order valence-corrected chi connectivity index (χ0v) is 10.7. The molecule has 3 heteroatoms. The highest BCUT2D eigenvalue weighted by Crippen LogP contribution is 2.28. The van der Waals surface area contributed by atoms with Crippen molar-refractivity contribution in [3.8, 4) is 0 Å². The van der Waals surface area contributed by atoms with Gasteiger partial charge in [-0.05, 0) is 46.1 Å². The third-order valence-corrected chi connectivity index (χ3v) is 3.52. The molecular formula is C13H26N2O. The smallest absolute Gasteiger partial charge is 0.0718 e. The molecule has 0 aromatic heterocycles. The minimum absolute atomic E-state index is 0.558. The number of nitrogens with zero attached hydrogens (tertiary/aromatic N) is 1. The van der Waals surface area contributed by atoms with Gasteiger partial charge in [0.1, 0.15) is 0 Å². The van der Waals surface area contributed by atoms with Crippen LogP contribution in [0.3, 0.4) is 0 Å². The van der Waals surface area contributed by atoms with Gasteiger partial charge in [0.2, 0.25) is 0 Å². The maximum absolute atomic E-state index is 9.93. The number of hydrogen-bond acceptors (Lipinski definition) is 3. The fourth-order valence-corrected chi connectivity index (χ4v) is 2.64. The Labute approximate surface area is 99.2 Å². The van der Waals surface area contributed by atoms with Crippen LogP contribution in [0.25, 0.3) is 0 Å². The summed E-state index contributed by atoms with van der Waals surface area (Å²) in [4.78, 5) is 2.49. The first-order valence-corrected chi connectivity index (χ1v) is 6.74. The molecule has 0 bridgehead atoms. The third kappa shape index (κ3) is 4.04. The van der Waals surface area contributed by atoms with Crippen molar-refractivity contribution in [3.63, 3.8) is 0 Å². The topological polar surface area (TPSA) is 35.5 Å². The van der Waals surface area contributed by atoms with Crippen molar-refractivity contribution < 1.29 is 5.11 Å². The molecule has 0 aromatic carbocycles. The molecule has 1 saturated heterocycles. The van der Waals surface area contributed by atoms with E-state index in [-0.39, 0.29) is 0 Å². The number of nitrogens with one attached hydrogen (secondary N) is 1. The summed E-state index contributed by atoms with van der Waals surface area (Å²) in [5, 5.41) is 13.5. The van der Waals surface area contributed by atoms with E-state index in [0.29, 0.717) is 6.04 Å². The average molecular weight is 226 g/mol. The Morgan fingerprint density at radius 1 is 1.25 bits per heavy atom. The Morgan fingerprint density at radius 2 is 2.00 bits per heavy atom. The maximum atomic E-state index is 9.93. The number of hydrogen-bond donors (Lipinski definition) is 2. The van der Waals surface area contributed by atoms with Crippen LogP contribution < -0.4 is 5.32 Å². The highest BCUT2D eigenvalue weighted by Gasteiger charge is 2.33. The lowest BCUT2D eigenvalue weighted by molar-refractivity contribution is 0.0290. The molecular weight excluding hydrogens is 200 g/mol. The van der Waals surface area contributed by atoms with Gasteiger partial charge in [-0.1, -0.05) is 6.42 Å². The zero-order chi connectivity index (χ0) is 11.6. The van der Waals surface area contributed by atoms with Crippen molar-refractivity contribution in [2.45, 2.75) is 63.6 Å². The van der Waals surface area contributed by atoms with Crippen molar-refractivity contribution in [1.29, 1.82) is 0 Å². The summed E-state index contributed by atoms with van der Waals surface area (Å²) < 4.78 is 0. The van der Waals surface area contributed by atoms with Crippen LogP contribution in [0, 0.1) is 0 Å². The van der Waals surface area contributed by atoms with E-state index in [0.717, 1.165) is 19.1 Å². The molecule has 2 fully saturated rings. The molecule has 94 valence electrons. The van der Waals surface area contributed by atoms with Gasteiger partial charge in [0, 0.05) is 25.2 Å². The summed E-state index contributed by atoms with van der Waals surface area (Å²) in [6.07, 6.45) is 6.63. The first-order chi connectivity index (χ1) is 7.54. The molecule has 0 radical (unpaired) electrons. The van der Waals surface area contributed by atoms with E-state index in [1.54, 1.807) is 0 Å².